The Kier molecular flexibility index (Phi) is 9.88. The maximum absolute atomic E-state index is 13.0. The van der Waals surface area contributed by atoms with Crippen molar-refractivity contribution in [3.63, 3.8) is 0 Å². The number of thioether (sulfide) groups is 1. The van der Waals surface area contributed by atoms with Crippen molar-refractivity contribution < 1.29 is 13.2 Å². The van der Waals surface area contributed by atoms with Crippen LogP contribution in [0.15, 0.2) is 64.6 Å². The third-order valence-corrected chi connectivity index (χ3v) is 8.47. The summed E-state index contributed by atoms with van der Waals surface area (Å²) in [5, 5.41) is 12.0. The zero-order chi connectivity index (χ0) is 27.2. The summed E-state index contributed by atoms with van der Waals surface area (Å²) in [5.41, 5.74) is 1.64. The number of hydrogen-bond acceptors (Lipinski definition) is 7. The van der Waals surface area contributed by atoms with Gasteiger partial charge in [-0.1, -0.05) is 49.0 Å². The minimum Gasteiger partial charge on any atom is -0.325 e. The predicted octanol–water partition coefficient (Wildman–Crippen LogP) is 4.15. The zero-order valence-electron chi connectivity index (χ0n) is 22.2. The van der Waals surface area contributed by atoms with E-state index >= 15 is 0 Å². The second kappa shape index (κ2) is 12.7. The number of aromatic nitrogens is 3. The highest BCUT2D eigenvalue weighted by Gasteiger charge is 2.25. The number of sulfonamides is 1. The molecule has 1 aromatic heterocycles. The van der Waals surface area contributed by atoms with Gasteiger partial charge in [-0.15, -0.1) is 10.2 Å². The quantitative estimate of drug-likeness (QED) is 0.330. The summed E-state index contributed by atoms with van der Waals surface area (Å²) >= 11 is 1.34. The first-order chi connectivity index (χ1) is 17.5. The Bertz CT molecular complexity index is 1280. The van der Waals surface area contributed by atoms with Gasteiger partial charge in [0.05, 0.1) is 22.7 Å². The molecule has 0 aliphatic heterocycles. The largest absolute Gasteiger partial charge is 0.325 e. The molecule has 0 bridgehead atoms. The summed E-state index contributed by atoms with van der Waals surface area (Å²) in [5.74, 6) is 0.648. The van der Waals surface area contributed by atoms with Gasteiger partial charge in [-0.3, -0.25) is 9.69 Å². The predicted molar refractivity (Wildman–Crippen MR) is 148 cm³/mol. The van der Waals surface area contributed by atoms with Gasteiger partial charge in [0.2, 0.25) is 15.9 Å². The van der Waals surface area contributed by atoms with Crippen LogP contribution in [0.25, 0.3) is 0 Å². The van der Waals surface area contributed by atoms with Gasteiger partial charge in [0, 0.05) is 11.7 Å². The number of nitrogens with one attached hydrogen (secondary N) is 2. The minimum atomic E-state index is -3.59. The summed E-state index contributed by atoms with van der Waals surface area (Å²) in [6.07, 6.45) is 0.874. The van der Waals surface area contributed by atoms with Crippen molar-refractivity contribution in [3.05, 3.63) is 66.0 Å². The van der Waals surface area contributed by atoms with E-state index in [0.717, 1.165) is 17.8 Å². The van der Waals surface area contributed by atoms with E-state index in [4.69, 9.17) is 0 Å². The molecule has 2 aromatic carbocycles. The number of anilines is 1. The number of carbonyl (C=O) groups excluding carboxylic acids is 1. The molecule has 2 N–H and O–H groups in total. The normalized spacial score (nSPS) is 13.6. The molecule has 9 nitrogen and oxygen atoms in total. The molecule has 37 heavy (non-hydrogen) atoms. The van der Waals surface area contributed by atoms with Crippen molar-refractivity contribution in [2.24, 2.45) is 0 Å². The summed E-state index contributed by atoms with van der Waals surface area (Å²) in [7, 11) is 0.450. The first kappa shape index (κ1) is 28.8. The first-order valence-corrected chi connectivity index (χ1v) is 14.6. The highest BCUT2D eigenvalue weighted by Crippen LogP contribution is 2.29. The van der Waals surface area contributed by atoms with Crippen molar-refractivity contribution in [3.8, 4) is 0 Å². The average molecular weight is 545 g/mol. The van der Waals surface area contributed by atoms with Gasteiger partial charge in [-0.05, 0) is 71.1 Å². The van der Waals surface area contributed by atoms with Crippen molar-refractivity contribution in [1.29, 1.82) is 0 Å². The minimum absolute atomic E-state index is 0.0923. The Balaban J connectivity index is 1.76. The van der Waals surface area contributed by atoms with Gasteiger partial charge in [-0.25, -0.2) is 13.1 Å². The van der Waals surface area contributed by atoms with Crippen molar-refractivity contribution in [1.82, 2.24) is 24.4 Å². The number of benzene rings is 2. The lowest BCUT2D eigenvalue weighted by Crippen LogP contribution is -2.30. The summed E-state index contributed by atoms with van der Waals surface area (Å²) in [4.78, 5) is 15.3. The fourth-order valence-corrected chi connectivity index (χ4v) is 5.98. The Labute approximate surface area is 224 Å². The molecule has 0 saturated carbocycles. The van der Waals surface area contributed by atoms with E-state index in [9.17, 15) is 13.2 Å². The highest BCUT2D eigenvalue weighted by molar-refractivity contribution is 8.00. The standard InChI is InChI=1S/C26H36N6O3S2/c1-7-23(31(5)6)24-28-29-26(32(24)17-20-11-9-8-10-12-20)36-19(4)25(33)27-21-13-15-22(16-14-21)37(34,35)30-18(2)3/h8-16,18-19,23,30H,7,17H2,1-6H3,(H,27,33)/t19-,23+/m1/s1. The fourth-order valence-electron chi connectivity index (χ4n) is 3.88. The Morgan fingerprint density at radius 2 is 1.68 bits per heavy atom. The highest BCUT2D eigenvalue weighted by atomic mass is 32.2. The van der Waals surface area contributed by atoms with E-state index in [2.05, 4.69) is 48.8 Å². The molecule has 200 valence electrons. The Morgan fingerprint density at radius 3 is 2.24 bits per heavy atom. The fraction of sp³-hybridized carbons (Fsp3) is 0.423. The molecule has 11 heteroatoms. The molecule has 0 radical (unpaired) electrons. The molecular formula is C26H36N6O3S2. The molecule has 1 heterocycles. The van der Waals surface area contributed by atoms with Crippen LogP contribution in [0.2, 0.25) is 0 Å². The van der Waals surface area contributed by atoms with Gasteiger partial charge < -0.3 is 9.88 Å². The average Bonchev–Trinajstić information content (AvgIpc) is 3.21. The third-order valence-electron chi connectivity index (χ3n) is 5.71. The third kappa shape index (κ3) is 7.64. The molecule has 1 amide bonds. The van der Waals surface area contributed by atoms with E-state index < -0.39 is 15.3 Å². The van der Waals surface area contributed by atoms with Crippen LogP contribution in [0.5, 0.6) is 0 Å². The number of hydrogen-bond donors (Lipinski definition) is 2. The molecule has 3 aromatic rings. The summed E-state index contributed by atoms with van der Waals surface area (Å²) in [6, 6.07) is 16.1. The van der Waals surface area contributed by atoms with E-state index in [1.54, 1.807) is 26.0 Å². The smallest absolute Gasteiger partial charge is 0.240 e. The summed E-state index contributed by atoms with van der Waals surface area (Å²) < 4.78 is 29.3. The number of nitrogens with zero attached hydrogens (tertiary/aromatic N) is 4. The molecule has 2 atom stereocenters. The summed E-state index contributed by atoms with van der Waals surface area (Å²) in [6.45, 7) is 8.06. The monoisotopic (exact) mass is 544 g/mol. The molecule has 0 saturated heterocycles. The zero-order valence-corrected chi connectivity index (χ0v) is 23.8. The van der Waals surface area contributed by atoms with Crippen LogP contribution in [0.3, 0.4) is 0 Å². The number of amides is 1. The second-order valence-electron chi connectivity index (χ2n) is 9.35. The van der Waals surface area contributed by atoms with Crippen molar-refractivity contribution in [2.75, 3.05) is 19.4 Å². The Morgan fingerprint density at radius 1 is 1.03 bits per heavy atom. The van der Waals surface area contributed by atoms with E-state index in [0.29, 0.717) is 17.4 Å². The van der Waals surface area contributed by atoms with Crippen LogP contribution >= 0.6 is 11.8 Å². The van der Waals surface area contributed by atoms with Gasteiger partial charge in [0.1, 0.15) is 0 Å². The van der Waals surface area contributed by atoms with Crippen molar-refractivity contribution >= 4 is 33.4 Å². The lowest BCUT2D eigenvalue weighted by molar-refractivity contribution is -0.115. The number of carbonyl (C=O) groups is 1. The van der Waals surface area contributed by atoms with E-state index in [1.165, 1.54) is 23.9 Å². The van der Waals surface area contributed by atoms with Gasteiger partial charge in [0.25, 0.3) is 0 Å². The Hall–Kier alpha value is -2.73. The molecule has 3 rings (SSSR count). The van der Waals surface area contributed by atoms with Crippen LogP contribution in [0, 0.1) is 0 Å². The molecule has 0 unspecified atom stereocenters. The van der Waals surface area contributed by atoms with Gasteiger partial charge in [-0.2, -0.15) is 0 Å². The number of rotatable bonds is 12. The molecule has 0 aliphatic carbocycles. The van der Waals surface area contributed by atoms with E-state index in [-0.39, 0.29) is 22.9 Å². The first-order valence-electron chi connectivity index (χ1n) is 12.2. The van der Waals surface area contributed by atoms with Crippen LogP contribution in [-0.2, 0) is 21.4 Å². The van der Waals surface area contributed by atoms with Crippen LogP contribution in [0.4, 0.5) is 5.69 Å². The topological polar surface area (TPSA) is 109 Å². The van der Waals surface area contributed by atoms with Gasteiger partial charge in [0.15, 0.2) is 11.0 Å². The maximum Gasteiger partial charge on any atom is 0.240 e. The lowest BCUT2D eigenvalue weighted by Gasteiger charge is -2.23. The molecule has 0 fully saturated rings. The molecule has 0 aliphatic rings. The van der Waals surface area contributed by atoms with Crippen LogP contribution in [0.1, 0.15) is 51.5 Å². The van der Waals surface area contributed by atoms with Crippen LogP contribution in [-0.4, -0.2) is 59.4 Å². The van der Waals surface area contributed by atoms with Crippen molar-refractivity contribution in [2.45, 2.75) is 68.0 Å². The maximum atomic E-state index is 13.0. The molecule has 0 spiro atoms. The van der Waals surface area contributed by atoms with Gasteiger partial charge >= 0.3 is 0 Å². The SMILES string of the molecule is CC[C@@H](c1nnc(S[C@H](C)C(=O)Nc2ccc(S(=O)(=O)NC(C)C)cc2)n1Cc1ccccc1)N(C)C. The molecular weight excluding hydrogens is 508 g/mol. The lowest BCUT2D eigenvalue weighted by atomic mass is 10.2. The van der Waals surface area contributed by atoms with E-state index in [1.807, 2.05) is 39.2 Å². The second-order valence-corrected chi connectivity index (χ2v) is 12.4. The van der Waals surface area contributed by atoms with Crippen LogP contribution < -0.4 is 10.0 Å².